The van der Waals surface area contributed by atoms with Crippen LogP contribution in [0, 0.1) is 0 Å². The smallest absolute Gasteiger partial charge is 0.175 e. The first kappa shape index (κ1) is 17.9. The SMILES string of the molecule is CN(C)CCC=C1c2ccccc2CCc2ccc(S(C)(=O)=O)cc21. The summed E-state index contributed by atoms with van der Waals surface area (Å²) in [6.07, 6.45) is 6.37. The molecule has 2 aromatic rings. The maximum absolute atomic E-state index is 12.0. The quantitative estimate of drug-likeness (QED) is 0.841. The molecule has 0 amide bonds. The average molecular weight is 356 g/mol. The summed E-state index contributed by atoms with van der Waals surface area (Å²) in [5.41, 5.74) is 6.00. The van der Waals surface area contributed by atoms with Gasteiger partial charge in [0.25, 0.3) is 0 Å². The second kappa shape index (κ2) is 7.14. The van der Waals surface area contributed by atoms with Crippen LogP contribution in [0.15, 0.2) is 53.4 Å². The molecule has 0 spiro atoms. The van der Waals surface area contributed by atoms with Crippen molar-refractivity contribution in [1.82, 2.24) is 4.90 Å². The van der Waals surface area contributed by atoms with Crippen LogP contribution in [0.4, 0.5) is 0 Å². The van der Waals surface area contributed by atoms with Crippen molar-refractivity contribution in [2.45, 2.75) is 24.2 Å². The molecular formula is C21H25NO2S. The highest BCUT2D eigenvalue weighted by Gasteiger charge is 2.20. The third kappa shape index (κ3) is 4.02. The van der Waals surface area contributed by atoms with Gasteiger partial charge in [-0.05, 0) is 73.3 Å². The molecule has 0 bridgehead atoms. The number of hydrogen-bond donors (Lipinski definition) is 0. The van der Waals surface area contributed by atoms with E-state index in [0.717, 1.165) is 36.9 Å². The standard InChI is InChI=1S/C21H25NO2S/c1-22(2)14-6-9-20-19-8-5-4-7-16(19)10-11-17-12-13-18(15-21(17)20)25(3,23)24/h4-5,7-9,12-13,15H,6,10-11,14H2,1-3H3. The molecule has 1 aliphatic carbocycles. The first-order valence-corrected chi connectivity index (χ1v) is 10.5. The molecule has 0 N–H and O–H groups in total. The Labute approximate surface area is 150 Å². The lowest BCUT2D eigenvalue weighted by atomic mass is 9.93. The maximum Gasteiger partial charge on any atom is 0.175 e. The molecule has 0 unspecified atom stereocenters. The minimum atomic E-state index is -3.22. The molecule has 4 heteroatoms. The number of fused-ring (bicyclic) bond motifs is 2. The fourth-order valence-corrected chi connectivity index (χ4v) is 4.00. The van der Waals surface area contributed by atoms with Crippen molar-refractivity contribution in [3.05, 3.63) is 70.8 Å². The van der Waals surface area contributed by atoms with E-state index in [9.17, 15) is 8.42 Å². The Hall–Kier alpha value is -1.91. The van der Waals surface area contributed by atoms with E-state index < -0.39 is 9.84 Å². The molecule has 3 nitrogen and oxygen atoms in total. The van der Waals surface area contributed by atoms with Gasteiger partial charge in [-0.3, -0.25) is 0 Å². The first-order valence-electron chi connectivity index (χ1n) is 8.63. The predicted octanol–water partition coefficient (Wildman–Crippen LogP) is 3.57. The molecule has 1 aliphatic rings. The van der Waals surface area contributed by atoms with Crippen molar-refractivity contribution in [1.29, 1.82) is 0 Å². The van der Waals surface area contributed by atoms with Crippen molar-refractivity contribution in [3.63, 3.8) is 0 Å². The van der Waals surface area contributed by atoms with E-state index in [1.807, 2.05) is 12.1 Å². The highest BCUT2D eigenvalue weighted by molar-refractivity contribution is 7.90. The van der Waals surface area contributed by atoms with Crippen LogP contribution in [0.5, 0.6) is 0 Å². The van der Waals surface area contributed by atoms with Crippen molar-refractivity contribution in [2.75, 3.05) is 26.9 Å². The van der Waals surface area contributed by atoms with Gasteiger partial charge in [0.1, 0.15) is 0 Å². The van der Waals surface area contributed by atoms with E-state index in [4.69, 9.17) is 0 Å². The van der Waals surface area contributed by atoms with E-state index in [0.29, 0.717) is 4.90 Å². The largest absolute Gasteiger partial charge is 0.309 e. The molecule has 132 valence electrons. The molecular weight excluding hydrogens is 330 g/mol. The van der Waals surface area contributed by atoms with Gasteiger partial charge in [-0.15, -0.1) is 0 Å². The van der Waals surface area contributed by atoms with Crippen molar-refractivity contribution < 1.29 is 8.42 Å². The van der Waals surface area contributed by atoms with Gasteiger partial charge in [-0.2, -0.15) is 0 Å². The Morgan fingerprint density at radius 1 is 1.00 bits per heavy atom. The molecule has 0 radical (unpaired) electrons. The van der Waals surface area contributed by atoms with E-state index in [-0.39, 0.29) is 0 Å². The van der Waals surface area contributed by atoms with Gasteiger partial charge in [0.15, 0.2) is 9.84 Å². The molecule has 25 heavy (non-hydrogen) atoms. The van der Waals surface area contributed by atoms with Crippen LogP contribution in [0.3, 0.4) is 0 Å². The molecule has 3 rings (SSSR count). The summed E-state index contributed by atoms with van der Waals surface area (Å²) in [6.45, 7) is 0.965. The topological polar surface area (TPSA) is 37.4 Å². The fraction of sp³-hybridized carbons (Fsp3) is 0.333. The molecule has 0 fully saturated rings. The van der Waals surface area contributed by atoms with Gasteiger partial charge in [0, 0.05) is 12.8 Å². The molecule has 0 saturated carbocycles. The number of sulfone groups is 1. The van der Waals surface area contributed by atoms with Gasteiger partial charge < -0.3 is 4.90 Å². The number of nitrogens with zero attached hydrogens (tertiary/aromatic N) is 1. The number of hydrogen-bond acceptors (Lipinski definition) is 3. The first-order chi connectivity index (χ1) is 11.9. The lowest BCUT2D eigenvalue weighted by Crippen LogP contribution is -2.12. The highest BCUT2D eigenvalue weighted by Crippen LogP contribution is 2.35. The van der Waals surface area contributed by atoms with Crippen LogP contribution < -0.4 is 0 Å². The van der Waals surface area contributed by atoms with Crippen LogP contribution >= 0.6 is 0 Å². The highest BCUT2D eigenvalue weighted by atomic mass is 32.2. The Balaban J connectivity index is 2.17. The summed E-state index contributed by atoms with van der Waals surface area (Å²) >= 11 is 0. The van der Waals surface area contributed by atoms with Crippen molar-refractivity contribution in [3.8, 4) is 0 Å². The maximum atomic E-state index is 12.0. The summed E-state index contributed by atoms with van der Waals surface area (Å²) in [7, 11) is 0.911. The van der Waals surface area contributed by atoms with Crippen LogP contribution in [0.2, 0.25) is 0 Å². The lowest BCUT2D eigenvalue weighted by Gasteiger charge is -2.14. The van der Waals surface area contributed by atoms with Crippen LogP contribution in [-0.4, -0.2) is 40.2 Å². The van der Waals surface area contributed by atoms with Crippen LogP contribution in [0.25, 0.3) is 5.57 Å². The Morgan fingerprint density at radius 3 is 2.36 bits per heavy atom. The Kier molecular flexibility index (Phi) is 5.11. The van der Waals surface area contributed by atoms with Crippen molar-refractivity contribution in [2.24, 2.45) is 0 Å². The monoisotopic (exact) mass is 355 g/mol. The normalized spacial score (nSPS) is 15.8. The number of benzene rings is 2. The van der Waals surface area contributed by atoms with Gasteiger partial charge in [0.2, 0.25) is 0 Å². The summed E-state index contributed by atoms with van der Waals surface area (Å²) < 4.78 is 24.1. The van der Waals surface area contributed by atoms with E-state index in [2.05, 4.69) is 49.3 Å². The zero-order valence-electron chi connectivity index (χ0n) is 15.1. The second-order valence-corrected chi connectivity index (χ2v) is 8.97. The minimum Gasteiger partial charge on any atom is -0.309 e. The lowest BCUT2D eigenvalue weighted by molar-refractivity contribution is 0.417. The summed E-state index contributed by atoms with van der Waals surface area (Å²) in [4.78, 5) is 2.55. The molecule has 0 atom stereocenters. The Bertz CT molecular complexity index is 911. The molecule has 0 aromatic heterocycles. The second-order valence-electron chi connectivity index (χ2n) is 6.96. The fourth-order valence-electron chi connectivity index (χ4n) is 3.36. The summed E-state index contributed by atoms with van der Waals surface area (Å²) in [6, 6.07) is 14.0. The minimum absolute atomic E-state index is 0.393. The predicted molar refractivity (Wildman–Crippen MR) is 104 cm³/mol. The van der Waals surface area contributed by atoms with E-state index in [1.165, 1.54) is 22.9 Å². The molecule has 0 aliphatic heterocycles. The van der Waals surface area contributed by atoms with Crippen LogP contribution in [-0.2, 0) is 22.7 Å². The summed E-state index contributed by atoms with van der Waals surface area (Å²) in [5.74, 6) is 0. The van der Waals surface area contributed by atoms with Gasteiger partial charge in [-0.25, -0.2) is 8.42 Å². The van der Waals surface area contributed by atoms with Gasteiger partial charge >= 0.3 is 0 Å². The average Bonchev–Trinajstić information content (AvgIpc) is 2.71. The van der Waals surface area contributed by atoms with Crippen LogP contribution in [0.1, 0.15) is 28.7 Å². The summed E-state index contributed by atoms with van der Waals surface area (Å²) in [5, 5.41) is 0. The number of rotatable bonds is 4. The molecule has 0 heterocycles. The Morgan fingerprint density at radius 2 is 1.68 bits per heavy atom. The van der Waals surface area contributed by atoms with Gasteiger partial charge in [-0.1, -0.05) is 36.4 Å². The van der Waals surface area contributed by atoms with Gasteiger partial charge in [0.05, 0.1) is 4.90 Å². The zero-order chi connectivity index (χ0) is 18.0. The van der Waals surface area contributed by atoms with E-state index >= 15 is 0 Å². The van der Waals surface area contributed by atoms with E-state index in [1.54, 1.807) is 6.07 Å². The molecule has 0 saturated heterocycles. The zero-order valence-corrected chi connectivity index (χ0v) is 15.9. The third-order valence-electron chi connectivity index (χ3n) is 4.70. The van der Waals surface area contributed by atoms with Crippen molar-refractivity contribution >= 4 is 15.4 Å². The number of aryl methyl sites for hydroxylation is 2. The third-order valence-corrected chi connectivity index (χ3v) is 5.81. The molecule has 2 aromatic carbocycles.